The molecule has 22 heavy (non-hydrogen) atoms. The summed E-state index contributed by atoms with van der Waals surface area (Å²) in [6.07, 6.45) is 5.82. The van der Waals surface area contributed by atoms with Gasteiger partial charge >= 0.3 is 5.97 Å². The van der Waals surface area contributed by atoms with Gasteiger partial charge in [-0.05, 0) is 38.1 Å². The molecule has 1 aromatic carbocycles. The van der Waals surface area contributed by atoms with E-state index < -0.39 is 0 Å². The zero-order valence-electron chi connectivity index (χ0n) is 12.5. The van der Waals surface area contributed by atoms with Gasteiger partial charge in [-0.1, -0.05) is 0 Å². The SMILES string of the molecule is CN1C2CCC1CC(OC(=O)c1c[nH]c3cc(F)ccc13)C2. The van der Waals surface area contributed by atoms with Crippen LogP contribution in [0.5, 0.6) is 0 Å². The standard InChI is InChI=1S/C17H19FN2O2/c1-20-11-3-4-12(20)8-13(7-11)22-17(21)15-9-19-16-6-10(18)2-5-14(15)16/h2,5-6,9,11-13,19H,3-4,7-8H2,1H3. The van der Waals surface area contributed by atoms with Crippen molar-refractivity contribution in [3.8, 4) is 0 Å². The van der Waals surface area contributed by atoms with Gasteiger partial charge in [0.1, 0.15) is 11.9 Å². The van der Waals surface area contributed by atoms with E-state index in [1.54, 1.807) is 12.3 Å². The number of nitrogens with zero attached hydrogens (tertiary/aromatic N) is 1. The zero-order valence-corrected chi connectivity index (χ0v) is 12.5. The highest BCUT2D eigenvalue weighted by Gasteiger charge is 2.40. The highest BCUT2D eigenvalue weighted by atomic mass is 19.1. The number of aromatic amines is 1. The summed E-state index contributed by atoms with van der Waals surface area (Å²) in [5.74, 6) is -0.632. The predicted octanol–water partition coefficient (Wildman–Crippen LogP) is 3.09. The van der Waals surface area contributed by atoms with E-state index in [0.717, 1.165) is 12.8 Å². The second-order valence-corrected chi connectivity index (χ2v) is 6.44. The van der Waals surface area contributed by atoms with Crippen LogP contribution in [0, 0.1) is 5.82 Å². The third kappa shape index (κ3) is 2.20. The summed E-state index contributed by atoms with van der Waals surface area (Å²) in [6.45, 7) is 0. The van der Waals surface area contributed by atoms with Crippen LogP contribution in [0.15, 0.2) is 24.4 Å². The first-order valence-corrected chi connectivity index (χ1v) is 7.81. The lowest BCUT2D eigenvalue weighted by Gasteiger charge is -2.35. The van der Waals surface area contributed by atoms with Gasteiger partial charge in [0.2, 0.25) is 0 Å². The summed E-state index contributed by atoms with van der Waals surface area (Å²) < 4.78 is 18.9. The fourth-order valence-electron chi connectivity index (χ4n) is 3.94. The molecule has 2 saturated heterocycles. The topological polar surface area (TPSA) is 45.3 Å². The third-order valence-electron chi connectivity index (χ3n) is 5.19. The number of fused-ring (bicyclic) bond motifs is 3. The van der Waals surface area contributed by atoms with Crippen LogP contribution in [-0.2, 0) is 4.74 Å². The van der Waals surface area contributed by atoms with Gasteiger partial charge in [-0.25, -0.2) is 9.18 Å². The van der Waals surface area contributed by atoms with E-state index in [4.69, 9.17) is 4.74 Å². The van der Waals surface area contributed by atoms with Crippen molar-refractivity contribution in [2.24, 2.45) is 0 Å². The van der Waals surface area contributed by atoms with Gasteiger partial charge in [0.25, 0.3) is 0 Å². The maximum absolute atomic E-state index is 13.2. The minimum Gasteiger partial charge on any atom is -0.459 e. The molecule has 2 unspecified atom stereocenters. The number of halogens is 1. The second kappa shape index (κ2) is 5.09. The lowest BCUT2D eigenvalue weighted by Crippen LogP contribution is -2.43. The fourth-order valence-corrected chi connectivity index (χ4v) is 3.94. The first kappa shape index (κ1) is 13.8. The van der Waals surface area contributed by atoms with Crippen molar-refractivity contribution in [3.63, 3.8) is 0 Å². The molecule has 2 atom stereocenters. The number of H-pyrrole nitrogens is 1. The summed E-state index contributed by atoms with van der Waals surface area (Å²) >= 11 is 0. The number of esters is 1. The van der Waals surface area contributed by atoms with Crippen molar-refractivity contribution in [3.05, 3.63) is 35.8 Å². The Morgan fingerprint density at radius 3 is 2.77 bits per heavy atom. The molecule has 1 aromatic heterocycles. The van der Waals surface area contributed by atoms with Crippen molar-refractivity contribution in [1.82, 2.24) is 9.88 Å². The first-order chi connectivity index (χ1) is 10.6. The Labute approximate surface area is 128 Å². The second-order valence-electron chi connectivity index (χ2n) is 6.44. The van der Waals surface area contributed by atoms with Gasteiger partial charge in [0.15, 0.2) is 0 Å². The maximum Gasteiger partial charge on any atom is 0.340 e. The number of rotatable bonds is 2. The van der Waals surface area contributed by atoms with Crippen molar-refractivity contribution in [2.45, 2.75) is 43.9 Å². The third-order valence-corrected chi connectivity index (χ3v) is 5.19. The monoisotopic (exact) mass is 302 g/mol. The van der Waals surface area contributed by atoms with E-state index in [2.05, 4.69) is 16.9 Å². The van der Waals surface area contributed by atoms with E-state index in [9.17, 15) is 9.18 Å². The summed E-state index contributed by atoms with van der Waals surface area (Å²) in [6, 6.07) is 5.45. The molecule has 0 radical (unpaired) electrons. The smallest absolute Gasteiger partial charge is 0.340 e. The normalized spacial score (nSPS) is 28.2. The van der Waals surface area contributed by atoms with Crippen LogP contribution >= 0.6 is 0 Å². The van der Waals surface area contributed by atoms with Gasteiger partial charge in [0.05, 0.1) is 5.56 Å². The summed E-state index contributed by atoms with van der Waals surface area (Å²) in [5, 5.41) is 0.710. The minimum absolute atomic E-state index is 0.00778. The molecule has 2 aromatic rings. The largest absolute Gasteiger partial charge is 0.459 e. The first-order valence-electron chi connectivity index (χ1n) is 7.81. The van der Waals surface area contributed by atoms with Gasteiger partial charge in [-0.15, -0.1) is 0 Å². The maximum atomic E-state index is 13.2. The molecule has 0 amide bonds. The van der Waals surface area contributed by atoms with Crippen molar-refractivity contribution in [2.75, 3.05) is 7.05 Å². The van der Waals surface area contributed by atoms with Gasteiger partial charge in [0, 0.05) is 42.0 Å². The number of benzene rings is 1. The molecule has 2 bridgehead atoms. The Balaban J connectivity index is 1.52. The molecule has 5 heteroatoms. The average Bonchev–Trinajstić information content (AvgIpc) is 2.97. The average molecular weight is 302 g/mol. The van der Waals surface area contributed by atoms with Crippen LogP contribution < -0.4 is 0 Å². The zero-order chi connectivity index (χ0) is 15.3. The van der Waals surface area contributed by atoms with Gasteiger partial charge in [-0.2, -0.15) is 0 Å². The Kier molecular flexibility index (Phi) is 3.18. The van der Waals surface area contributed by atoms with E-state index in [1.165, 1.54) is 25.0 Å². The fraction of sp³-hybridized carbons (Fsp3) is 0.471. The lowest BCUT2D eigenvalue weighted by atomic mass is 10.0. The molecule has 3 heterocycles. The number of hydrogen-bond donors (Lipinski definition) is 1. The molecular weight excluding hydrogens is 283 g/mol. The Hall–Kier alpha value is -1.88. The van der Waals surface area contributed by atoms with E-state index in [0.29, 0.717) is 28.6 Å². The molecule has 2 fully saturated rings. The molecule has 116 valence electrons. The molecule has 2 aliphatic rings. The summed E-state index contributed by atoms with van der Waals surface area (Å²) in [7, 11) is 2.16. The van der Waals surface area contributed by atoms with Crippen LogP contribution in [0.2, 0.25) is 0 Å². The van der Waals surface area contributed by atoms with Crippen molar-refractivity contribution >= 4 is 16.9 Å². The number of hydrogen-bond acceptors (Lipinski definition) is 3. The lowest BCUT2D eigenvalue weighted by molar-refractivity contribution is -0.000259. The summed E-state index contributed by atoms with van der Waals surface area (Å²) in [5.41, 5.74) is 1.11. The van der Waals surface area contributed by atoms with Crippen LogP contribution in [0.4, 0.5) is 4.39 Å². The van der Waals surface area contributed by atoms with Crippen LogP contribution in [0.25, 0.3) is 10.9 Å². The van der Waals surface area contributed by atoms with Crippen LogP contribution in [0.3, 0.4) is 0 Å². The predicted molar refractivity (Wildman–Crippen MR) is 81.3 cm³/mol. The number of carbonyl (C=O) groups excluding carboxylic acids is 1. The molecule has 0 spiro atoms. The molecule has 2 aliphatic heterocycles. The van der Waals surface area contributed by atoms with Gasteiger partial charge in [-0.3, -0.25) is 0 Å². The van der Waals surface area contributed by atoms with Gasteiger partial charge < -0.3 is 14.6 Å². The van der Waals surface area contributed by atoms with Crippen LogP contribution in [0.1, 0.15) is 36.0 Å². The molecule has 1 N–H and O–H groups in total. The van der Waals surface area contributed by atoms with E-state index in [1.807, 2.05) is 0 Å². The Morgan fingerprint density at radius 2 is 2.05 bits per heavy atom. The number of aromatic nitrogens is 1. The number of ether oxygens (including phenoxy) is 1. The van der Waals surface area contributed by atoms with Crippen LogP contribution in [-0.4, -0.2) is 41.1 Å². The molecule has 4 nitrogen and oxygen atoms in total. The molecule has 0 aliphatic carbocycles. The number of piperidine rings is 1. The molecule has 0 saturated carbocycles. The Bertz CT molecular complexity index is 713. The Morgan fingerprint density at radius 1 is 1.32 bits per heavy atom. The molecular formula is C17H19FN2O2. The molecule has 4 rings (SSSR count). The number of carbonyl (C=O) groups is 1. The highest BCUT2D eigenvalue weighted by Crippen LogP contribution is 2.36. The van der Waals surface area contributed by atoms with Crippen molar-refractivity contribution in [1.29, 1.82) is 0 Å². The van der Waals surface area contributed by atoms with Crippen molar-refractivity contribution < 1.29 is 13.9 Å². The van der Waals surface area contributed by atoms with E-state index in [-0.39, 0.29) is 17.9 Å². The quantitative estimate of drug-likeness (QED) is 0.867. The summed E-state index contributed by atoms with van der Waals surface area (Å²) in [4.78, 5) is 17.8. The number of nitrogens with one attached hydrogen (secondary N) is 1. The highest BCUT2D eigenvalue weighted by molar-refractivity contribution is 6.04. The minimum atomic E-state index is -0.318. The van der Waals surface area contributed by atoms with E-state index >= 15 is 0 Å².